The minimum atomic E-state index is -0.307. The minimum absolute atomic E-state index is 0. The third kappa shape index (κ3) is 7.16. The van der Waals surface area contributed by atoms with Gasteiger partial charge in [-0.3, -0.25) is 15.0 Å². The van der Waals surface area contributed by atoms with Gasteiger partial charge in [0.2, 0.25) is 0 Å². The number of rotatable bonds is 3. The number of halogens is 4. The lowest BCUT2D eigenvalue weighted by molar-refractivity contribution is 0.693. The Morgan fingerprint density at radius 1 is 1.08 bits per heavy atom. The summed E-state index contributed by atoms with van der Waals surface area (Å²) in [6.07, 6.45) is 2.91. The van der Waals surface area contributed by atoms with Crippen molar-refractivity contribution < 1.29 is 0 Å². The molecule has 0 spiro atoms. The number of aryl methyl sites for hydroxylation is 2. The quantitative estimate of drug-likeness (QED) is 0.412. The fraction of sp³-hybridized carbons (Fsp3) is 0.308. The molecule has 0 fully saturated rings. The Kier molecular flexibility index (Phi) is 10.9. The fourth-order valence-corrected chi connectivity index (χ4v) is 2.85. The number of nitrogens with zero attached hydrogens (tertiary/aromatic N) is 4. The molecule has 0 unspecified atom stereocenters. The maximum absolute atomic E-state index is 11.6. The molecule has 2 aromatic rings. The van der Waals surface area contributed by atoms with Gasteiger partial charge in [-0.15, -0.1) is 12.4 Å². The Labute approximate surface area is 174 Å². The molecule has 3 N–H and O–H groups in total. The first-order chi connectivity index (χ1) is 11.7. The van der Waals surface area contributed by atoms with E-state index in [0.29, 0.717) is 13.1 Å². The molecule has 0 saturated heterocycles. The minimum Gasteiger partial charge on any atom is -0.378 e. The molecule has 144 valence electrons. The molecule has 0 aliphatic heterocycles. The van der Waals surface area contributed by atoms with Gasteiger partial charge in [0.1, 0.15) is 10.3 Å². The van der Waals surface area contributed by atoms with Crippen molar-refractivity contribution in [1.29, 1.82) is 5.41 Å². The van der Waals surface area contributed by atoms with Crippen LogP contribution in [0.4, 0.5) is 0 Å². The Hall–Kier alpha value is -1.26. The summed E-state index contributed by atoms with van der Waals surface area (Å²) in [5.74, 6) is 0. The van der Waals surface area contributed by atoms with Gasteiger partial charge in [0.05, 0.1) is 0 Å². The second kappa shape index (κ2) is 11.5. The summed E-state index contributed by atoms with van der Waals surface area (Å²) < 4.78 is 2.82. The molecule has 0 bridgehead atoms. The van der Waals surface area contributed by atoms with Crippen LogP contribution in [0.2, 0.25) is 15.5 Å². The molecule has 2 heterocycles. The van der Waals surface area contributed by atoms with Crippen molar-refractivity contribution in [2.24, 2.45) is 5.73 Å². The van der Waals surface area contributed by atoms with Crippen LogP contribution in [0.15, 0.2) is 27.0 Å². The highest BCUT2D eigenvalue weighted by molar-refractivity contribution is 8.13. The lowest BCUT2D eigenvalue weighted by Gasteiger charge is -2.04. The van der Waals surface area contributed by atoms with Crippen molar-refractivity contribution in [3.63, 3.8) is 0 Å². The van der Waals surface area contributed by atoms with Crippen LogP contribution in [0.1, 0.15) is 13.8 Å². The zero-order valence-corrected chi connectivity index (χ0v) is 17.6. The van der Waals surface area contributed by atoms with E-state index in [9.17, 15) is 9.59 Å². The summed E-state index contributed by atoms with van der Waals surface area (Å²) in [7, 11) is 0. The number of hydrogen-bond acceptors (Lipinski definition) is 6. The highest BCUT2D eigenvalue weighted by atomic mass is 35.5. The van der Waals surface area contributed by atoms with Crippen LogP contribution in [0, 0.1) is 5.41 Å². The van der Waals surface area contributed by atoms with E-state index in [0.717, 1.165) is 11.8 Å². The summed E-state index contributed by atoms with van der Waals surface area (Å²) in [5, 5.41) is 7.35. The first kappa shape index (κ1) is 24.7. The van der Waals surface area contributed by atoms with E-state index >= 15 is 0 Å². The van der Waals surface area contributed by atoms with Gasteiger partial charge >= 0.3 is 0 Å². The van der Waals surface area contributed by atoms with Crippen molar-refractivity contribution >= 4 is 64.1 Å². The van der Waals surface area contributed by atoms with E-state index in [2.05, 4.69) is 9.97 Å². The number of nitrogens with one attached hydrogen (secondary N) is 1. The molecule has 8 nitrogen and oxygen atoms in total. The third-order valence-electron chi connectivity index (χ3n) is 2.71. The van der Waals surface area contributed by atoms with Gasteiger partial charge in [0.15, 0.2) is 15.3 Å². The zero-order valence-electron chi connectivity index (χ0n) is 13.7. The number of aromatic nitrogens is 4. The zero-order chi connectivity index (χ0) is 19.1. The Bertz CT molecular complexity index is 886. The van der Waals surface area contributed by atoms with E-state index < -0.39 is 0 Å². The van der Waals surface area contributed by atoms with Crippen LogP contribution >= 0.6 is 59.0 Å². The number of hydrogen-bond donors (Lipinski definition) is 2. The van der Waals surface area contributed by atoms with Crippen molar-refractivity contribution in [3.05, 3.63) is 48.6 Å². The standard InChI is InChI=1S/C7H9ClN4OS.C6H6Cl2N2O.ClH/c1-2-12-3-4(8)11-5(6(12)13)14-7(9)10;1-2-10-3-4(7)9-5(8)6(10)11;/h3H,2H2,1H3,(H3,9,10);3H,2H2,1H3;1H. The highest BCUT2D eigenvalue weighted by Gasteiger charge is 2.08. The molecule has 0 aliphatic carbocycles. The Morgan fingerprint density at radius 3 is 2.00 bits per heavy atom. The molecule has 0 amide bonds. The number of nitrogens with two attached hydrogens (primary N) is 1. The predicted octanol–water partition coefficient (Wildman–Crippen LogP) is 2.89. The average Bonchev–Trinajstić information content (AvgIpc) is 2.54. The second-order valence-corrected chi connectivity index (χ2v) is 6.54. The lowest BCUT2D eigenvalue weighted by Crippen LogP contribution is -2.23. The van der Waals surface area contributed by atoms with E-state index in [-0.39, 0.29) is 49.2 Å². The Morgan fingerprint density at radius 2 is 1.54 bits per heavy atom. The molecule has 0 radical (unpaired) electrons. The average molecular weight is 462 g/mol. The van der Waals surface area contributed by atoms with Crippen LogP contribution in [0.25, 0.3) is 0 Å². The van der Waals surface area contributed by atoms with Gasteiger partial charge in [-0.25, -0.2) is 9.97 Å². The number of amidine groups is 1. The maximum atomic E-state index is 11.6. The van der Waals surface area contributed by atoms with Gasteiger partial charge in [0.25, 0.3) is 11.1 Å². The van der Waals surface area contributed by atoms with Gasteiger partial charge in [-0.1, -0.05) is 34.8 Å². The largest absolute Gasteiger partial charge is 0.378 e. The van der Waals surface area contributed by atoms with Gasteiger partial charge < -0.3 is 14.9 Å². The van der Waals surface area contributed by atoms with E-state index in [4.69, 9.17) is 45.9 Å². The SMILES string of the molecule is CCn1cc(Cl)nc(Cl)c1=O.CCn1cc(Cl)nc(SC(=N)N)c1=O.Cl. The first-order valence-corrected chi connectivity index (χ1v) is 8.85. The lowest BCUT2D eigenvalue weighted by atomic mass is 10.6. The molecular weight excluding hydrogens is 446 g/mol. The maximum Gasteiger partial charge on any atom is 0.288 e. The third-order valence-corrected chi connectivity index (χ3v) is 4.00. The molecule has 0 aromatic carbocycles. The summed E-state index contributed by atoms with van der Waals surface area (Å²) in [5.41, 5.74) is 4.56. The van der Waals surface area contributed by atoms with Crippen LogP contribution in [0.3, 0.4) is 0 Å². The van der Waals surface area contributed by atoms with Crippen molar-refractivity contribution in [2.45, 2.75) is 32.0 Å². The summed E-state index contributed by atoms with van der Waals surface area (Å²) >= 11 is 17.5. The van der Waals surface area contributed by atoms with Gasteiger partial charge in [-0.05, 0) is 25.6 Å². The fourth-order valence-electron chi connectivity index (χ4n) is 1.60. The van der Waals surface area contributed by atoms with Crippen LogP contribution in [-0.4, -0.2) is 24.3 Å². The topological polar surface area (TPSA) is 120 Å². The van der Waals surface area contributed by atoms with E-state index in [1.165, 1.54) is 21.5 Å². The summed E-state index contributed by atoms with van der Waals surface area (Å²) in [4.78, 5) is 30.0. The van der Waals surface area contributed by atoms with Gasteiger partial charge in [-0.2, -0.15) is 0 Å². The molecule has 13 heteroatoms. The normalized spacial score (nSPS) is 9.73. The summed E-state index contributed by atoms with van der Waals surface area (Å²) in [6, 6.07) is 0. The molecule has 26 heavy (non-hydrogen) atoms. The van der Waals surface area contributed by atoms with Crippen molar-refractivity contribution in [3.8, 4) is 0 Å². The van der Waals surface area contributed by atoms with Crippen molar-refractivity contribution in [2.75, 3.05) is 0 Å². The van der Waals surface area contributed by atoms with E-state index in [1.807, 2.05) is 13.8 Å². The second-order valence-electron chi connectivity index (χ2n) is 4.37. The monoisotopic (exact) mass is 460 g/mol. The van der Waals surface area contributed by atoms with Gasteiger partial charge in [0, 0.05) is 25.5 Å². The van der Waals surface area contributed by atoms with Crippen LogP contribution in [-0.2, 0) is 13.1 Å². The van der Waals surface area contributed by atoms with E-state index in [1.54, 1.807) is 0 Å². The number of thioether (sulfide) groups is 1. The molecule has 0 atom stereocenters. The van der Waals surface area contributed by atoms with Crippen LogP contribution in [0.5, 0.6) is 0 Å². The van der Waals surface area contributed by atoms with Crippen molar-refractivity contribution in [1.82, 2.24) is 19.1 Å². The summed E-state index contributed by atoms with van der Waals surface area (Å²) in [6.45, 7) is 4.70. The predicted molar refractivity (Wildman–Crippen MR) is 108 cm³/mol. The molecule has 0 aliphatic rings. The first-order valence-electron chi connectivity index (χ1n) is 6.90. The molecule has 2 aromatic heterocycles. The highest BCUT2D eigenvalue weighted by Crippen LogP contribution is 2.12. The molecule has 0 saturated carbocycles. The molecule has 2 rings (SSSR count). The Balaban J connectivity index is 0.000000475. The van der Waals surface area contributed by atoms with Crippen LogP contribution < -0.4 is 16.9 Å². The molecular formula is C13H16Cl4N6O2S. The smallest absolute Gasteiger partial charge is 0.288 e.